The fourth-order valence-corrected chi connectivity index (χ4v) is 1.53. The highest BCUT2D eigenvalue weighted by atomic mass is 32.1. The lowest BCUT2D eigenvalue weighted by atomic mass is 9.84. The molecule has 0 bridgehead atoms. The van der Waals surface area contributed by atoms with Crippen LogP contribution in [0.25, 0.3) is 0 Å². The molecule has 0 heterocycles. The highest BCUT2D eigenvalue weighted by molar-refractivity contribution is 7.59. The third kappa shape index (κ3) is 7.84. The topological polar surface area (TPSA) is 115 Å². The van der Waals surface area contributed by atoms with Crippen molar-refractivity contribution < 1.29 is 14.4 Å². The van der Waals surface area contributed by atoms with Crippen molar-refractivity contribution >= 4 is 31.1 Å². The molecule has 0 rings (SSSR count). The van der Waals surface area contributed by atoms with Crippen molar-refractivity contribution in [2.24, 2.45) is 16.9 Å². The molecule has 1 atom stereocenters. The standard InChI is InChI=1S/C12H23N3O3.H2S/c1-8(16)15-9(5-4-6-13)10(17)7-12(2,3)11(14)18;/h9H,4-7,13H2,1-3H3,(H2,14,18)(H,15,16);1H2/t9-;/m0./s1. The molecule has 0 saturated heterocycles. The van der Waals surface area contributed by atoms with Crippen LogP contribution in [0.15, 0.2) is 0 Å². The monoisotopic (exact) mass is 291 g/mol. The molecule has 0 aliphatic carbocycles. The van der Waals surface area contributed by atoms with Crippen LogP contribution in [0.4, 0.5) is 0 Å². The number of nitrogens with one attached hydrogen (secondary N) is 1. The van der Waals surface area contributed by atoms with Crippen LogP contribution >= 0.6 is 13.5 Å². The largest absolute Gasteiger partial charge is 0.369 e. The van der Waals surface area contributed by atoms with Gasteiger partial charge in [-0.15, -0.1) is 0 Å². The molecule has 2 amide bonds. The Kier molecular flexibility index (Phi) is 9.51. The molecule has 6 nitrogen and oxygen atoms in total. The van der Waals surface area contributed by atoms with Gasteiger partial charge in [0.2, 0.25) is 11.8 Å². The Morgan fingerprint density at radius 2 is 1.79 bits per heavy atom. The van der Waals surface area contributed by atoms with Crippen LogP contribution in [0.1, 0.15) is 40.0 Å². The number of carbonyl (C=O) groups is 3. The van der Waals surface area contributed by atoms with E-state index in [0.717, 1.165) is 0 Å². The summed E-state index contributed by atoms with van der Waals surface area (Å²) in [6.07, 6.45) is 1.12. The number of amides is 2. The predicted octanol–water partition coefficient (Wildman–Crippen LogP) is -0.186. The Morgan fingerprint density at radius 1 is 1.26 bits per heavy atom. The number of nitrogens with two attached hydrogens (primary N) is 2. The third-order valence-corrected chi connectivity index (χ3v) is 2.75. The zero-order valence-corrected chi connectivity index (χ0v) is 12.8. The SMILES string of the molecule is CC(=O)N[C@@H](CCCN)C(=O)CC(C)(C)C(N)=O.S. The molecule has 0 radical (unpaired) electrons. The molecule has 7 heteroatoms. The summed E-state index contributed by atoms with van der Waals surface area (Å²) >= 11 is 0. The van der Waals surface area contributed by atoms with Gasteiger partial charge in [-0.05, 0) is 19.4 Å². The van der Waals surface area contributed by atoms with Gasteiger partial charge >= 0.3 is 0 Å². The van der Waals surface area contributed by atoms with Crippen molar-refractivity contribution in [1.82, 2.24) is 5.32 Å². The zero-order valence-electron chi connectivity index (χ0n) is 11.8. The van der Waals surface area contributed by atoms with Crippen LogP contribution in [-0.4, -0.2) is 30.2 Å². The summed E-state index contributed by atoms with van der Waals surface area (Å²) < 4.78 is 0. The molecule has 0 saturated carbocycles. The summed E-state index contributed by atoms with van der Waals surface area (Å²) in [7, 11) is 0. The fourth-order valence-electron chi connectivity index (χ4n) is 1.53. The van der Waals surface area contributed by atoms with Crippen molar-refractivity contribution in [3.8, 4) is 0 Å². The van der Waals surface area contributed by atoms with Gasteiger partial charge in [-0.25, -0.2) is 0 Å². The first-order chi connectivity index (χ1) is 8.20. The number of primary amides is 1. The molecule has 5 N–H and O–H groups in total. The highest BCUT2D eigenvalue weighted by Gasteiger charge is 2.31. The summed E-state index contributed by atoms with van der Waals surface area (Å²) in [5.41, 5.74) is 9.70. The quantitative estimate of drug-likeness (QED) is 0.575. The minimum atomic E-state index is -0.906. The summed E-state index contributed by atoms with van der Waals surface area (Å²) in [4.78, 5) is 34.3. The molecule has 19 heavy (non-hydrogen) atoms. The van der Waals surface area contributed by atoms with E-state index in [2.05, 4.69) is 5.32 Å². The summed E-state index contributed by atoms with van der Waals surface area (Å²) in [6, 6.07) is -0.593. The van der Waals surface area contributed by atoms with Crippen LogP contribution in [0, 0.1) is 5.41 Å². The number of hydrogen-bond donors (Lipinski definition) is 3. The Hall–Kier alpha value is -1.08. The van der Waals surface area contributed by atoms with E-state index < -0.39 is 17.4 Å². The predicted molar refractivity (Wildman–Crippen MR) is 78.9 cm³/mol. The van der Waals surface area contributed by atoms with E-state index in [0.29, 0.717) is 19.4 Å². The lowest BCUT2D eigenvalue weighted by Crippen LogP contribution is -2.43. The van der Waals surface area contributed by atoms with E-state index in [1.807, 2.05) is 0 Å². The maximum atomic E-state index is 12.0. The third-order valence-electron chi connectivity index (χ3n) is 2.75. The number of Topliss-reactive ketones (excluding diaryl/α,β-unsaturated/α-hetero) is 1. The number of carbonyl (C=O) groups excluding carboxylic acids is 3. The number of hydrogen-bond acceptors (Lipinski definition) is 4. The van der Waals surface area contributed by atoms with Gasteiger partial charge in [-0.3, -0.25) is 14.4 Å². The summed E-state index contributed by atoms with van der Waals surface area (Å²) in [5.74, 6) is -0.999. The Balaban J connectivity index is 0. The number of rotatable bonds is 8. The minimum Gasteiger partial charge on any atom is -0.369 e. The van der Waals surface area contributed by atoms with Gasteiger partial charge < -0.3 is 16.8 Å². The smallest absolute Gasteiger partial charge is 0.223 e. The van der Waals surface area contributed by atoms with Gasteiger partial charge in [0, 0.05) is 13.3 Å². The van der Waals surface area contributed by atoms with Gasteiger partial charge in [0.25, 0.3) is 0 Å². The van der Waals surface area contributed by atoms with E-state index in [1.165, 1.54) is 6.92 Å². The molecule has 112 valence electrons. The van der Waals surface area contributed by atoms with Crippen LogP contribution in [0.5, 0.6) is 0 Å². The van der Waals surface area contributed by atoms with Gasteiger partial charge in [-0.2, -0.15) is 13.5 Å². The van der Waals surface area contributed by atoms with Crippen molar-refractivity contribution in [1.29, 1.82) is 0 Å². The number of ketones is 1. The minimum absolute atomic E-state index is 0. The van der Waals surface area contributed by atoms with E-state index in [1.54, 1.807) is 13.8 Å². The first-order valence-electron chi connectivity index (χ1n) is 6.00. The van der Waals surface area contributed by atoms with Crippen LogP contribution in [0.2, 0.25) is 0 Å². The molecular weight excluding hydrogens is 266 g/mol. The van der Waals surface area contributed by atoms with E-state index in [4.69, 9.17) is 11.5 Å². The highest BCUT2D eigenvalue weighted by Crippen LogP contribution is 2.21. The lowest BCUT2D eigenvalue weighted by molar-refractivity contribution is -0.133. The average molecular weight is 291 g/mol. The lowest BCUT2D eigenvalue weighted by Gasteiger charge is -2.23. The van der Waals surface area contributed by atoms with Gasteiger partial charge in [0.1, 0.15) is 0 Å². The molecule has 0 aromatic heterocycles. The van der Waals surface area contributed by atoms with Crippen LogP contribution in [0.3, 0.4) is 0 Å². The Bertz CT molecular complexity index is 332. The first kappa shape index (κ1) is 20.2. The molecule has 0 aliphatic heterocycles. The van der Waals surface area contributed by atoms with Gasteiger partial charge in [0.05, 0.1) is 11.5 Å². The average Bonchev–Trinajstić information content (AvgIpc) is 2.22. The first-order valence-corrected chi connectivity index (χ1v) is 6.00. The van der Waals surface area contributed by atoms with Crippen LogP contribution in [-0.2, 0) is 14.4 Å². The molecular formula is C12H25N3O3S. The molecule has 0 fully saturated rings. The normalized spacial score (nSPS) is 12.2. The van der Waals surface area contributed by atoms with Gasteiger partial charge in [0.15, 0.2) is 5.78 Å². The molecule has 0 spiro atoms. The summed E-state index contributed by atoms with van der Waals surface area (Å²) in [6.45, 7) is 5.02. The van der Waals surface area contributed by atoms with E-state index in [-0.39, 0.29) is 31.6 Å². The fraction of sp³-hybridized carbons (Fsp3) is 0.750. The second-order valence-corrected chi connectivity index (χ2v) is 5.08. The Morgan fingerprint density at radius 3 is 2.16 bits per heavy atom. The van der Waals surface area contributed by atoms with Crippen molar-refractivity contribution in [2.75, 3.05) is 6.54 Å². The van der Waals surface area contributed by atoms with Crippen molar-refractivity contribution in [2.45, 2.75) is 46.1 Å². The molecule has 0 aromatic rings. The van der Waals surface area contributed by atoms with Crippen molar-refractivity contribution in [3.63, 3.8) is 0 Å². The van der Waals surface area contributed by atoms with E-state index >= 15 is 0 Å². The molecule has 0 unspecified atom stereocenters. The molecule has 0 aliphatic rings. The van der Waals surface area contributed by atoms with E-state index in [9.17, 15) is 14.4 Å². The summed E-state index contributed by atoms with van der Waals surface area (Å²) in [5, 5.41) is 2.58. The second kappa shape index (κ2) is 8.92. The Labute approximate surface area is 121 Å². The zero-order chi connectivity index (χ0) is 14.3. The maximum Gasteiger partial charge on any atom is 0.223 e. The maximum absolute atomic E-state index is 12.0. The second-order valence-electron chi connectivity index (χ2n) is 5.08. The van der Waals surface area contributed by atoms with Gasteiger partial charge in [-0.1, -0.05) is 13.8 Å². The van der Waals surface area contributed by atoms with Crippen molar-refractivity contribution in [3.05, 3.63) is 0 Å². The molecule has 0 aromatic carbocycles. The van der Waals surface area contributed by atoms with Crippen LogP contribution < -0.4 is 16.8 Å².